The standard InChI is InChI=1S/C15H21N3O3/c1-10(2)9-21-12-5-3-4-11(6-12)18-15(20)13-7-17-14(19)8-16-13/h3-6,10,13,16H,7-9H2,1-2H3,(H,17,19)(H,18,20). The van der Waals surface area contributed by atoms with Crippen LogP contribution in [0, 0.1) is 5.92 Å². The Kier molecular flexibility index (Phi) is 5.16. The summed E-state index contributed by atoms with van der Waals surface area (Å²) in [6, 6.07) is 6.88. The zero-order valence-electron chi connectivity index (χ0n) is 12.3. The number of ether oxygens (including phenoxy) is 1. The maximum Gasteiger partial charge on any atom is 0.243 e. The summed E-state index contributed by atoms with van der Waals surface area (Å²) in [5, 5.41) is 8.37. The second kappa shape index (κ2) is 7.08. The third kappa shape index (κ3) is 4.75. The summed E-state index contributed by atoms with van der Waals surface area (Å²) >= 11 is 0. The Bertz CT molecular complexity index is 507. The van der Waals surface area contributed by atoms with Gasteiger partial charge in [0.1, 0.15) is 11.8 Å². The first-order valence-electron chi connectivity index (χ1n) is 7.08. The van der Waals surface area contributed by atoms with Crippen molar-refractivity contribution in [3.8, 4) is 5.75 Å². The van der Waals surface area contributed by atoms with E-state index in [2.05, 4.69) is 29.8 Å². The smallest absolute Gasteiger partial charge is 0.243 e. The minimum atomic E-state index is -0.414. The van der Waals surface area contributed by atoms with Gasteiger partial charge in [-0.1, -0.05) is 19.9 Å². The van der Waals surface area contributed by atoms with Crippen molar-refractivity contribution >= 4 is 17.5 Å². The number of anilines is 1. The number of amides is 2. The summed E-state index contributed by atoms with van der Waals surface area (Å²) in [5.74, 6) is 0.906. The maximum absolute atomic E-state index is 12.1. The molecule has 1 atom stereocenters. The molecule has 1 aliphatic heterocycles. The molecule has 1 aromatic carbocycles. The molecule has 0 aromatic heterocycles. The molecule has 0 aliphatic carbocycles. The lowest BCUT2D eigenvalue weighted by Gasteiger charge is -2.23. The number of benzene rings is 1. The Balaban J connectivity index is 1.91. The van der Waals surface area contributed by atoms with Crippen LogP contribution in [0.4, 0.5) is 5.69 Å². The van der Waals surface area contributed by atoms with Gasteiger partial charge in [0.25, 0.3) is 0 Å². The van der Waals surface area contributed by atoms with Crippen LogP contribution in [0.2, 0.25) is 0 Å². The number of piperazine rings is 1. The molecular weight excluding hydrogens is 270 g/mol. The molecule has 6 nitrogen and oxygen atoms in total. The fourth-order valence-electron chi connectivity index (χ4n) is 1.91. The average Bonchev–Trinajstić information content (AvgIpc) is 2.46. The van der Waals surface area contributed by atoms with Gasteiger partial charge in [-0.25, -0.2) is 0 Å². The summed E-state index contributed by atoms with van der Waals surface area (Å²) in [6.45, 7) is 5.25. The van der Waals surface area contributed by atoms with Crippen LogP contribution in [0.15, 0.2) is 24.3 Å². The van der Waals surface area contributed by atoms with E-state index in [0.717, 1.165) is 5.75 Å². The number of carbonyl (C=O) groups is 2. The summed E-state index contributed by atoms with van der Waals surface area (Å²) in [6.07, 6.45) is 0. The summed E-state index contributed by atoms with van der Waals surface area (Å²) in [7, 11) is 0. The Labute approximate surface area is 124 Å². The van der Waals surface area contributed by atoms with Gasteiger partial charge in [-0.3, -0.25) is 14.9 Å². The van der Waals surface area contributed by atoms with Crippen molar-refractivity contribution in [1.29, 1.82) is 0 Å². The third-order valence-electron chi connectivity index (χ3n) is 3.01. The van der Waals surface area contributed by atoms with E-state index >= 15 is 0 Å². The molecule has 2 rings (SSSR count). The summed E-state index contributed by atoms with van der Waals surface area (Å²) in [5.41, 5.74) is 0.681. The highest BCUT2D eigenvalue weighted by atomic mass is 16.5. The Hall–Kier alpha value is -2.08. The van der Waals surface area contributed by atoms with Crippen LogP contribution in [0.5, 0.6) is 5.75 Å². The van der Waals surface area contributed by atoms with Gasteiger partial charge in [-0.15, -0.1) is 0 Å². The maximum atomic E-state index is 12.1. The van der Waals surface area contributed by atoms with Crippen molar-refractivity contribution in [1.82, 2.24) is 10.6 Å². The lowest BCUT2D eigenvalue weighted by molar-refractivity contribution is -0.124. The van der Waals surface area contributed by atoms with Gasteiger partial charge in [0.15, 0.2) is 0 Å². The highest BCUT2D eigenvalue weighted by molar-refractivity contribution is 5.96. The molecule has 6 heteroatoms. The van der Waals surface area contributed by atoms with Gasteiger partial charge >= 0.3 is 0 Å². The van der Waals surface area contributed by atoms with Crippen LogP contribution >= 0.6 is 0 Å². The van der Waals surface area contributed by atoms with Crippen LogP contribution in [0.3, 0.4) is 0 Å². The van der Waals surface area contributed by atoms with Gasteiger partial charge < -0.3 is 15.4 Å². The first kappa shape index (κ1) is 15.3. The van der Waals surface area contributed by atoms with E-state index in [1.165, 1.54) is 0 Å². The number of hydrogen-bond acceptors (Lipinski definition) is 4. The molecule has 2 amide bonds. The van der Waals surface area contributed by atoms with Gasteiger partial charge in [0, 0.05) is 18.3 Å². The number of carbonyl (C=O) groups excluding carboxylic acids is 2. The molecule has 1 saturated heterocycles. The van der Waals surface area contributed by atoms with Crippen molar-refractivity contribution in [3.63, 3.8) is 0 Å². The van der Waals surface area contributed by atoms with Gasteiger partial charge in [0.05, 0.1) is 13.2 Å². The van der Waals surface area contributed by atoms with Crippen molar-refractivity contribution in [2.24, 2.45) is 5.92 Å². The molecule has 114 valence electrons. The molecule has 21 heavy (non-hydrogen) atoms. The van der Waals surface area contributed by atoms with Crippen molar-refractivity contribution < 1.29 is 14.3 Å². The Morgan fingerprint density at radius 3 is 2.95 bits per heavy atom. The van der Waals surface area contributed by atoms with Crippen LogP contribution < -0.4 is 20.7 Å². The first-order valence-corrected chi connectivity index (χ1v) is 7.08. The number of hydrogen-bond donors (Lipinski definition) is 3. The van der Waals surface area contributed by atoms with E-state index in [1.54, 1.807) is 6.07 Å². The molecule has 3 N–H and O–H groups in total. The molecule has 1 fully saturated rings. The van der Waals surface area contributed by atoms with E-state index in [4.69, 9.17) is 4.74 Å². The highest BCUT2D eigenvalue weighted by Crippen LogP contribution is 2.18. The Morgan fingerprint density at radius 1 is 1.48 bits per heavy atom. The van der Waals surface area contributed by atoms with E-state index in [9.17, 15) is 9.59 Å². The quantitative estimate of drug-likeness (QED) is 0.748. The van der Waals surface area contributed by atoms with Gasteiger partial charge in [-0.05, 0) is 18.1 Å². The van der Waals surface area contributed by atoms with Crippen LogP contribution in [0.1, 0.15) is 13.8 Å². The van der Waals surface area contributed by atoms with Gasteiger partial charge in [0.2, 0.25) is 11.8 Å². The molecule has 0 saturated carbocycles. The molecule has 0 spiro atoms. The zero-order valence-corrected chi connectivity index (χ0v) is 12.3. The molecule has 1 aromatic rings. The monoisotopic (exact) mass is 291 g/mol. The lowest BCUT2D eigenvalue weighted by atomic mass is 10.2. The van der Waals surface area contributed by atoms with Crippen LogP contribution in [0.25, 0.3) is 0 Å². The molecule has 0 bridgehead atoms. The van der Waals surface area contributed by atoms with E-state index in [1.807, 2.05) is 18.2 Å². The zero-order chi connectivity index (χ0) is 15.2. The topological polar surface area (TPSA) is 79.5 Å². The van der Waals surface area contributed by atoms with Crippen LogP contribution in [-0.4, -0.2) is 37.6 Å². The third-order valence-corrected chi connectivity index (χ3v) is 3.01. The van der Waals surface area contributed by atoms with Crippen molar-refractivity contribution in [2.75, 3.05) is 25.0 Å². The van der Waals surface area contributed by atoms with E-state index in [0.29, 0.717) is 24.8 Å². The normalized spacial score (nSPS) is 18.2. The summed E-state index contributed by atoms with van der Waals surface area (Å²) < 4.78 is 5.63. The fraction of sp³-hybridized carbons (Fsp3) is 0.467. The lowest BCUT2D eigenvalue weighted by Crippen LogP contribution is -2.56. The second-order valence-corrected chi connectivity index (χ2v) is 5.46. The van der Waals surface area contributed by atoms with E-state index < -0.39 is 6.04 Å². The van der Waals surface area contributed by atoms with Crippen LogP contribution in [-0.2, 0) is 9.59 Å². The average molecular weight is 291 g/mol. The largest absolute Gasteiger partial charge is 0.493 e. The SMILES string of the molecule is CC(C)COc1cccc(NC(=O)C2CNC(=O)CN2)c1. The number of nitrogens with one attached hydrogen (secondary N) is 3. The van der Waals surface area contributed by atoms with Gasteiger partial charge in [-0.2, -0.15) is 0 Å². The Morgan fingerprint density at radius 2 is 2.29 bits per heavy atom. The van der Waals surface area contributed by atoms with Crippen molar-refractivity contribution in [3.05, 3.63) is 24.3 Å². The molecule has 0 radical (unpaired) electrons. The predicted octanol–water partition coefficient (Wildman–Crippen LogP) is 0.748. The summed E-state index contributed by atoms with van der Waals surface area (Å²) in [4.78, 5) is 23.1. The minimum Gasteiger partial charge on any atom is -0.493 e. The minimum absolute atomic E-state index is 0.0943. The molecule has 1 unspecified atom stereocenters. The molecule has 1 heterocycles. The first-order chi connectivity index (χ1) is 10.0. The predicted molar refractivity (Wildman–Crippen MR) is 80.2 cm³/mol. The molecular formula is C15H21N3O3. The fourth-order valence-corrected chi connectivity index (χ4v) is 1.91. The van der Waals surface area contributed by atoms with Crippen molar-refractivity contribution in [2.45, 2.75) is 19.9 Å². The highest BCUT2D eigenvalue weighted by Gasteiger charge is 2.23. The second-order valence-electron chi connectivity index (χ2n) is 5.46. The molecule has 1 aliphatic rings. The number of rotatable bonds is 5. The van der Waals surface area contributed by atoms with E-state index in [-0.39, 0.29) is 18.4 Å².